The van der Waals surface area contributed by atoms with E-state index in [0.717, 1.165) is 5.56 Å². The molecule has 0 radical (unpaired) electrons. The molecule has 96 valence electrons. The average molecular weight is 240 g/mol. The van der Waals surface area contributed by atoms with Gasteiger partial charge in [-0.2, -0.15) is 0 Å². The van der Waals surface area contributed by atoms with Crippen molar-refractivity contribution >= 4 is 5.69 Å². The van der Waals surface area contributed by atoms with Crippen LogP contribution in [0.3, 0.4) is 0 Å². The summed E-state index contributed by atoms with van der Waals surface area (Å²) in [4.78, 5) is 1.90. The van der Waals surface area contributed by atoms with E-state index < -0.39 is 6.10 Å². The zero-order valence-electron chi connectivity index (χ0n) is 10.3. The van der Waals surface area contributed by atoms with Crippen LogP contribution >= 0.6 is 0 Å². The summed E-state index contributed by atoms with van der Waals surface area (Å²) in [6.07, 6.45) is -0.534. The number of aliphatic hydroxyl groups is 1. The number of nitrogen functional groups attached to an aromatic ring is 1. The second-order valence-corrected chi connectivity index (χ2v) is 4.19. The molecular formula is C12H20N2O3. The van der Waals surface area contributed by atoms with Crippen LogP contribution in [0.2, 0.25) is 0 Å². The molecule has 0 aliphatic carbocycles. The Morgan fingerprint density at radius 3 is 2.82 bits per heavy atom. The number of aliphatic hydroxyl groups excluding tert-OH is 1. The average Bonchev–Trinajstić information content (AvgIpc) is 2.23. The summed E-state index contributed by atoms with van der Waals surface area (Å²) in [5.74, 6) is 0.215. The standard InChI is InChI=1S/C12H20N2O3/c1-14(7-11(15)8-17-2)6-9-5-10(13)3-4-12(9)16/h3-5,11,15-16H,6-8,13H2,1-2H3. The van der Waals surface area contributed by atoms with Crippen molar-refractivity contribution in [1.29, 1.82) is 0 Å². The number of rotatable bonds is 6. The van der Waals surface area contributed by atoms with Gasteiger partial charge in [0.2, 0.25) is 0 Å². The predicted octanol–water partition coefficient (Wildman–Crippen LogP) is 0.413. The Bertz CT molecular complexity index is 358. The molecule has 0 aliphatic heterocycles. The Morgan fingerprint density at radius 2 is 2.18 bits per heavy atom. The van der Waals surface area contributed by atoms with Gasteiger partial charge < -0.3 is 20.7 Å². The lowest BCUT2D eigenvalue weighted by molar-refractivity contribution is 0.0417. The number of aromatic hydroxyl groups is 1. The topological polar surface area (TPSA) is 79.0 Å². The summed E-state index contributed by atoms with van der Waals surface area (Å²) >= 11 is 0. The monoisotopic (exact) mass is 240 g/mol. The van der Waals surface area contributed by atoms with Gasteiger partial charge in [-0.1, -0.05) is 0 Å². The van der Waals surface area contributed by atoms with Crippen molar-refractivity contribution in [2.24, 2.45) is 0 Å². The van der Waals surface area contributed by atoms with Crippen LogP contribution in [0, 0.1) is 0 Å². The predicted molar refractivity (Wildman–Crippen MR) is 66.7 cm³/mol. The van der Waals surface area contributed by atoms with Gasteiger partial charge in [-0.15, -0.1) is 0 Å². The number of likely N-dealkylation sites (N-methyl/N-ethyl adjacent to an activating group) is 1. The highest BCUT2D eigenvalue weighted by Crippen LogP contribution is 2.20. The SMILES string of the molecule is COCC(O)CN(C)Cc1cc(N)ccc1O. The number of ether oxygens (including phenoxy) is 1. The van der Waals surface area contributed by atoms with Gasteiger partial charge in [-0.3, -0.25) is 4.90 Å². The number of phenolic OH excluding ortho intramolecular Hbond substituents is 1. The highest BCUT2D eigenvalue weighted by atomic mass is 16.5. The van der Waals surface area contributed by atoms with Crippen LogP contribution in [0.5, 0.6) is 5.75 Å². The molecule has 4 N–H and O–H groups in total. The molecular weight excluding hydrogens is 220 g/mol. The summed E-state index contributed by atoms with van der Waals surface area (Å²) in [6.45, 7) is 1.30. The van der Waals surface area contributed by atoms with Crippen molar-refractivity contribution in [3.63, 3.8) is 0 Å². The number of anilines is 1. The molecule has 0 bridgehead atoms. The van der Waals surface area contributed by atoms with Crippen LogP contribution in [0.1, 0.15) is 5.56 Å². The van der Waals surface area contributed by atoms with Gasteiger partial charge in [0, 0.05) is 31.5 Å². The van der Waals surface area contributed by atoms with Crippen molar-refractivity contribution < 1.29 is 14.9 Å². The zero-order valence-corrected chi connectivity index (χ0v) is 10.3. The minimum Gasteiger partial charge on any atom is -0.508 e. The van der Waals surface area contributed by atoms with Crippen LogP contribution in [0.15, 0.2) is 18.2 Å². The van der Waals surface area contributed by atoms with E-state index in [1.54, 1.807) is 25.3 Å². The largest absolute Gasteiger partial charge is 0.508 e. The molecule has 1 aromatic rings. The quantitative estimate of drug-likeness (QED) is 0.496. The van der Waals surface area contributed by atoms with E-state index >= 15 is 0 Å². The Balaban J connectivity index is 2.55. The normalized spacial score (nSPS) is 12.9. The molecule has 0 spiro atoms. The lowest BCUT2D eigenvalue weighted by Crippen LogP contribution is -2.31. The minimum atomic E-state index is -0.534. The first-order chi connectivity index (χ1) is 8.02. The van der Waals surface area contributed by atoms with Gasteiger partial charge in [0.1, 0.15) is 5.75 Å². The maximum atomic E-state index is 9.65. The summed E-state index contributed by atoms with van der Waals surface area (Å²) in [6, 6.07) is 4.96. The third-order valence-corrected chi connectivity index (χ3v) is 2.43. The molecule has 1 atom stereocenters. The van der Waals surface area contributed by atoms with Crippen molar-refractivity contribution in [2.75, 3.05) is 33.0 Å². The summed E-state index contributed by atoms with van der Waals surface area (Å²) < 4.78 is 4.85. The first-order valence-corrected chi connectivity index (χ1v) is 5.46. The van der Waals surface area contributed by atoms with E-state index in [-0.39, 0.29) is 5.75 Å². The number of nitrogens with two attached hydrogens (primary N) is 1. The van der Waals surface area contributed by atoms with Gasteiger partial charge in [-0.25, -0.2) is 0 Å². The maximum Gasteiger partial charge on any atom is 0.120 e. The molecule has 0 fully saturated rings. The summed E-state index contributed by atoms with van der Waals surface area (Å²) in [5, 5.41) is 19.2. The third kappa shape index (κ3) is 4.60. The molecule has 5 heteroatoms. The molecule has 0 heterocycles. The van der Waals surface area contributed by atoms with E-state index in [0.29, 0.717) is 25.4 Å². The van der Waals surface area contributed by atoms with Crippen molar-refractivity contribution in [3.05, 3.63) is 23.8 Å². The van der Waals surface area contributed by atoms with E-state index in [4.69, 9.17) is 10.5 Å². The fourth-order valence-corrected chi connectivity index (χ4v) is 1.69. The maximum absolute atomic E-state index is 9.65. The number of benzene rings is 1. The first kappa shape index (κ1) is 13.8. The molecule has 17 heavy (non-hydrogen) atoms. The second kappa shape index (κ2) is 6.44. The number of nitrogens with zero attached hydrogens (tertiary/aromatic N) is 1. The van der Waals surface area contributed by atoms with Crippen molar-refractivity contribution in [3.8, 4) is 5.75 Å². The van der Waals surface area contributed by atoms with Crippen LogP contribution in [0.25, 0.3) is 0 Å². The third-order valence-electron chi connectivity index (χ3n) is 2.43. The van der Waals surface area contributed by atoms with E-state index in [1.807, 2.05) is 11.9 Å². The first-order valence-electron chi connectivity index (χ1n) is 5.46. The lowest BCUT2D eigenvalue weighted by atomic mass is 10.1. The minimum absolute atomic E-state index is 0.215. The van der Waals surface area contributed by atoms with Gasteiger partial charge >= 0.3 is 0 Å². The van der Waals surface area contributed by atoms with Gasteiger partial charge in [0.25, 0.3) is 0 Å². The molecule has 1 rings (SSSR count). The van der Waals surface area contributed by atoms with E-state index in [1.165, 1.54) is 0 Å². The second-order valence-electron chi connectivity index (χ2n) is 4.19. The summed E-state index contributed by atoms with van der Waals surface area (Å²) in [5.41, 5.74) is 7.01. The molecule has 0 saturated carbocycles. The van der Waals surface area contributed by atoms with Crippen molar-refractivity contribution in [2.45, 2.75) is 12.6 Å². The van der Waals surface area contributed by atoms with Crippen molar-refractivity contribution in [1.82, 2.24) is 4.90 Å². The Labute approximate surface area is 101 Å². The number of phenols is 1. The van der Waals surface area contributed by atoms with Crippen LogP contribution < -0.4 is 5.73 Å². The highest BCUT2D eigenvalue weighted by molar-refractivity contribution is 5.47. The number of methoxy groups -OCH3 is 1. The van der Waals surface area contributed by atoms with Gasteiger partial charge in [-0.05, 0) is 25.2 Å². The molecule has 1 unspecified atom stereocenters. The fraction of sp³-hybridized carbons (Fsp3) is 0.500. The summed E-state index contributed by atoms with van der Waals surface area (Å²) in [7, 11) is 3.41. The van der Waals surface area contributed by atoms with E-state index in [9.17, 15) is 10.2 Å². The smallest absolute Gasteiger partial charge is 0.120 e. The van der Waals surface area contributed by atoms with E-state index in [2.05, 4.69) is 0 Å². The Hall–Kier alpha value is -1.30. The van der Waals surface area contributed by atoms with Gasteiger partial charge in [0.15, 0.2) is 0 Å². The molecule has 0 aromatic heterocycles. The lowest BCUT2D eigenvalue weighted by Gasteiger charge is -2.20. The highest BCUT2D eigenvalue weighted by Gasteiger charge is 2.10. The number of hydrogen-bond donors (Lipinski definition) is 3. The number of hydrogen-bond acceptors (Lipinski definition) is 5. The Kier molecular flexibility index (Phi) is 5.21. The molecule has 0 saturated heterocycles. The zero-order chi connectivity index (χ0) is 12.8. The molecule has 0 aliphatic rings. The molecule has 5 nitrogen and oxygen atoms in total. The molecule has 1 aromatic carbocycles. The van der Waals surface area contributed by atoms with Crippen LogP contribution in [-0.4, -0.2) is 48.5 Å². The van der Waals surface area contributed by atoms with Crippen LogP contribution in [0.4, 0.5) is 5.69 Å². The fourth-order valence-electron chi connectivity index (χ4n) is 1.69. The Morgan fingerprint density at radius 1 is 1.47 bits per heavy atom. The van der Waals surface area contributed by atoms with Gasteiger partial charge in [0.05, 0.1) is 12.7 Å². The molecule has 0 amide bonds. The van der Waals surface area contributed by atoms with Crippen LogP contribution in [-0.2, 0) is 11.3 Å².